The van der Waals surface area contributed by atoms with E-state index in [1.165, 1.54) is 29.4 Å². The fourth-order valence-electron chi connectivity index (χ4n) is 2.53. The SMILES string of the molecule is C=CCCCOc1cc(C(=O)NCC(F)(F)F)ccc1N(/C=C(\N)C(=O)NC1CC1)N=C. The highest BCUT2D eigenvalue weighted by atomic mass is 19.4. The maximum Gasteiger partial charge on any atom is 0.405 e. The Hall–Kier alpha value is -3.50. The number of amides is 2. The molecule has 4 N–H and O–H groups in total. The summed E-state index contributed by atoms with van der Waals surface area (Å²) in [5.74, 6) is -1.22. The molecule has 2 amide bonds. The minimum absolute atomic E-state index is 0.0378. The third kappa shape index (κ3) is 7.97. The van der Waals surface area contributed by atoms with Crippen molar-refractivity contribution in [3.05, 3.63) is 48.3 Å². The van der Waals surface area contributed by atoms with E-state index in [9.17, 15) is 22.8 Å². The Balaban J connectivity index is 2.26. The molecule has 1 aromatic rings. The van der Waals surface area contributed by atoms with Gasteiger partial charge in [0.15, 0.2) is 0 Å². The zero-order chi connectivity index (χ0) is 23.7. The number of unbranched alkanes of at least 4 members (excludes halogenated alkanes) is 1. The van der Waals surface area contributed by atoms with E-state index in [0.29, 0.717) is 18.5 Å². The van der Waals surface area contributed by atoms with Gasteiger partial charge in [-0.2, -0.15) is 18.3 Å². The van der Waals surface area contributed by atoms with Crippen LogP contribution in [0, 0.1) is 0 Å². The molecule has 8 nitrogen and oxygen atoms in total. The molecule has 0 saturated heterocycles. The quantitative estimate of drug-likeness (QED) is 0.148. The van der Waals surface area contributed by atoms with Gasteiger partial charge in [0.05, 0.1) is 12.8 Å². The number of hydrogen-bond acceptors (Lipinski definition) is 6. The fraction of sp³-hybridized carbons (Fsp3) is 0.381. The Bertz CT molecular complexity index is 882. The van der Waals surface area contributed by atoms with E-state index >= 15 is 0 Å². The molecule has 11 heteroatoms. The van der Waals surface area contributed by atoms with Crippen LogP contribution in [0.4, 0.5) is 18.9 Å². The number of hydrogen-bond donors (Lipinski definition) is 3. The maximum atomic E-state index is 12.4. The lowest BCUT2D eigenvalue weighted by Crippen LogP contribution is -2.33. The number of benzene rings is 1. The lowest BCUT2D eigenvalue weighted by atomic mass is 10.1. The van der Waals surface area contributed by atoms with Crippen molar-refractivity contribution in [2.45, 2.75) is 37.9 Å². The van der Waals surface area contributed by atoms with Gasteiger partial charge in [-0.3, -0.25) is 9.59 Å². The van der Waals surface area contributed by atoms with E-state index < -0.39 is 24.5 Å². The third-order valence-corrected chi connectivity index (χ3v) is 4.32. The minimum atomic E-state index is -4.54. The van der Waals surface area contributed by atoms with Gasteiger partial charge in [0.1, 0.15) is 23.7 Å². The van der Waals surface area contributed by atoms with Crippen LogP contribution in [0.25, 0.3) is 0 Å². The number of allylic oxidation sites excluding steroid dienone is 1. The van der Waals surface area contributed by atoms with Crippen molar-refractivity contribution in [3.8, 4) is 5.75 Å². The van der Waals surface area contributed by atoms with Crippen LogP contribution in [0.5, 0.6) is 5.75 Å². The summed E-state index contributed by atoms with van der Waals surface area (Å²) in [6.45, 7) is 5.87. The summed E-state index contributed by atoms with van der Waals surface area (Å²) in [5.41, 5.74) is 6.00. The topological polar surface area (TPSA) is 109 Å². The average Bonchev–Trinajstić information content (AvgIpc) is 3.56. The molecule has 0 aliphatic heterocycles. The molecule has 0 bridgehead atoms. The zero-order valence-electron chi connectivity index (χ0n) is 17.5. The summed E-state index contributed by atoms with van der Waals surface area (Å²) >= 11 is 0. The van der Waals surface area contributed by atoms with Gasteiger partial charge < -0.3 is 21.1 Å². The predicted molar refractivity (Wildman–Crippen MR) is 115 cm³/mol. The van der Waals surface area contributed by atoms with Gasteiger partial charge in [-0.05, 0) is 43.9 Å². The third-order valence-electron chi connectivity index (χ3n) is 4.32. The molecule has 2 rings (SSSR count). The Morgan fingerprint density at radius 1 is 1.34 bits per heavy atom. The highest BCUT2D eigenvalue weighted by molar-refractivity contribution is 5.96. The molecule has 1 saturated carbocycles. The van der Waals surface area contributed by atoms with Crippen molar-refractivity contribution in [2.24, 2.45) is 10.8 Å². The first kappa shape index (κ1) is 24.8. The highest BCUT2D eigenvalue weighted by Crippen LogP contribution is 2.31. The minimum Gasteiger partial charge on any atom is -0.491 e. The van der Waals surface area contributed by atoms with Crippen molar-refractivity contribution < 1.29 is 27.5 Å². The number of halogens is 3. The number of ether oxygens (including phenoxy) is 1. The highest BCUT2D eigenvalue weighted by Gasteiger charge is 2.28. The van der Waals surface area contributed by atoms with E-state index in [2.05, 4.69) is 23.7 Å². The normalized spacial score (nSPS) is 13.8. The summed E-state index contributed by atoms with van der Waals surface area (Å²) in [6, 6.07) is 4.13. The number of nitrogens with one attached hydrogen (secondary N) is 2. The van der Waals surface area contributed by atoms with Gasteiger partial charge in [-0.15, -0.1) is 6.58 Å². The number of rotatable bonds is 12. The van der Waals surface area contributed by atoms with Crippen LogP contribution in [-0.4, -0.2) is 43.9 Å². The molecule has 0 aromatic heterocycles. The van der Waals surface area contributed by atoms with E-state index in [1.54, 1.807) is 6.08 Å². The number of nitrogens with two attached hydrogens (primary N) is 1. The number of hydrazone groups is 1. The molecule has 1 aliphatic carbocycles. The van der Waals surface area contributed by atoms with Crippen LogP contribution >= 0.6 is 0 Å². The zero-order valence-corrected chi connectivity index (χ0v) is 17.5. The number of alkyl halides is 3. The van der Waals surface area contributed by atoms with Crippen molar-refractivity contribution in [1.29, 1.82) is 0 Å². The van der Waals surface area contributed by atoms with E-state index in [1.807, 2.05) is 5.32 Å². The first-order chi connectivity index (χ1) is 15.1. The predicted octanol–water partition coefficient (Wildman–Crippen LogP) is 2.82. The first-order valence-electron chi connectivity index (χ1n) is 9.91. The summed E-state index contributed by atoms with van der Waals surface area (Å²) < 4.78 is 43.0. The molecule has 1 aliphatic rings. The lowest BCUT2D eigenvalue weighted by molar-refractivity contribution is -0.123. The van der Waals surface area contributed by atoms with Crippen molar-refractivity contribution in [3.63, 3.8) is 0 Å². The van der Waals surface area contributed by atoms with Crippen LogP contribution in [0.1, 0.15) is 36.0 Å². The Morgan fingerprint density at radius 2 is 2.06 bits per heavy atom. The molecule has 0 unspecified atom stereocenters. The average molecular weight is 453 g/mol. The van der Waals surface area contributed by atoms with Crippen LogP contribution in [0.2, 0.25) is 0 Å². The summed E-state index contributed by atoms with van der Waals surface area (Å²) in [7, 11) is 0. The molecule has 0 heterocycles. The van der Waals surface area contributed by atoms with Gasteiger partial charge in [-0.25, -0.2) is 5.01 Å². The molecule has 1 aromatic carbocycles. The molecule has 0 spiro atoms. The van der Waals surface area contributed by atoms with E-state index in [4.69, 9.17) is 10.5 Å². The summed E-state index contributed by atoms with van der Waals surface area (Å²) in [5, 5.41) is 9.57. The standard InChI is InChI=1S/C21H26F3N5O3/c1-3-4-5-10-32-18-11-14(19(30)27-13-21(22,23)24)6-9-17(18)29(26-2)12-16(25)20(31)28-15-7-8-15/h3,6,9,11-12,15H,1-2,4-5,7-8,10,13,25H2,(H,27,30)(H,28,31)/b16-12-. The number of nitrogens with zero attached hydrogens (tertiary/aromatic N) is 2. The number of anilines is 1. The Labute approximate surface area is 184 Å². The van der Waals surface area contributed by atoms with Gasteiger partial charge >= 0.3 is 6.18 Å². The molecule has 0 radical (unpaired) electrons. The van der Waals surface area contributed by atoms with Crippen molar-refractivity contribution >= 4 is 24.2 Å². The van der Waals surface area contributed by atoms with E-state index in [-0.39, 0.29) is 29.7 Å². The second kappa shape index (κ2) is 11.2. The van der Waals surface area contributed by atoms with Crippen LogP contribution in [0.3, 0.4) is 0 Å². The largest absolute Gasteiger partial charge is 0.491 e. The molecule has 1 fully saturated rings. The monoisotopic (exact) mass is 453 g/mol. The summed E-state index contributed by atoms with van der Waals surface area (Å²) in [4.78, 5) is 24.3. The number of carbonyl (C=O) groups excluding carboxylic acids is 2. The molecule has 0 atom stereocenters. The summed E-state index contributed by atoms with van der Waals surface area (Å²) in [6.07, 6.45) is 1.51. The Kier molecular flexibility index (Phi) is 8.68. The van der Waals surface area contributed by atoms with Gasteiger partial charge in [0, 0.05) is 18.3 Å². The van der Waals surface area contributed by atoms with Gasteiger partial charge in [0.2, 0.25) is 0 Å². The fourth-order valence-corrected chi connectivity index (χ4v) is 2.53. The van der Waals surface area contributed by atoms with Crippen LogP contribution < -0.4 is 26.1 Å². The molecular formula is C21H26F3N5O3. The van der Waals surface area contributed by atoms with Crippen molar-refractivity contribution in [1.82, 2.24) is 10.6 Å². The van der Waals surface area contributed by atoms with Gasteiger partial charge in [0.25, 0.3) is 11.8 Å². The maximum absolute atomic E-state index is 12.4. The second-order valence-electron chi connectivity index (χ2n) is 7.08. The number of carbonyl (C=O) groups is 2. The molecule has 174 valence electrons. The first-order valence-corrected chi connectivity index (χ1v) is 9.91. The van der Waals surface area contributed by atoms with Crippen LogP contribution in [0.15, 0.2) is 47.9 Å². The molecular weight excluding hydrogens is 427 g/mol. The second-order valence-corrected chi connectivity index (χ2v) is 7.08. The van der Waals surface area contributed by atoms with E-state index in [0.717, 1.165) is 12.8 Å². The van der Waals surface area contributed by atoms with Crippen LogP contribution in [-0.2, 0) is 4.79 Å². The smallest absolute Gasteiger partial charge is 0.405 e. The lowest BCUT2D eigenvalue weighted by Gasteiger charge is -2.20. The Morgan fingerprint density at radius 3 is 2.66 bits per heavy atom. The van der Waals surface area contributed by atoms with Crippen molar-refractivity contribution in [2.75, 3.05) is 18.2 Å². The molecule has 32 heavy (non-hydrogen) atoms. The van der Waals surface area contributed by atoms with Gasteiger partial charge in [-0.1, -0.05) is 6.08 Å².